The summed E-state index contributed by atoms with van der Waals surface area (Å²) in [6.07, 6.45) is 0.755. The van der Waals surface area contributed by atoms with Crippen LogP contribution < -0.4 is 4.90 Å². The number of hydrogen-bond donors (Lipinski definition) is 2. The summed E-state index contributed by atoms with van der Waals surface area (Å²) >= 11 is 0. The molecule has 1 aliphatic rings. The van der Waals surface area contributed by atoms with E-state index in [2.05, 4.69) is 10.1 Å². The fourth-order valence-corrected chi connectivity index (χ4v) is 2.33. The van der Waals surface area contributed by atoms with Crippen molar-refractivity contribution >= 4 is 11.7 Å². The van der Waals surface area contributed by atoms with Crippen LogP contribution in [-0.2, 0) is 6.42 Å². The number of aromatic nitrogens is 1. The van der Waals surface area contributed by atoms with E-state index in [0.29, 0.717) is 5.56 Å². The van der Waals surface area contributed by atoms with Crippen molar-refractivity contribution in [3.63, 3.8) is 0 Å². The molecule has 0 saturated heterocycles. The average Bonchev–Trinajstić information content (AvgIpc) is 2.98. The second-order valence-corrected chi connectivity index (χ2v) is 4.51. The second-order valence-electron chi connectivity index (χ2n) is 4.51. The standard InChI is InChI=1S/C13H12N2O4/c1-15-5-4-7-10(15)3-2-8(12(7)16)11-6-9(13(17)18)14-19-11/h2-3,6,16H,4-5H2,1H3,(H,17,18). The van der Waals surface area contributed by atoms with Gasteiger partial charge in [-0.1, -0.05) is 5.16 Å². The first-order chi connectivity index (χ1) is 9.08. The number of benzene rings is 1. The molecule has 0 radical (unpaired) electrons. The van der Waals surface area contributed by atoms with Gasteiger partial charge in [0.2, 0.25) is 0 Å². The van der Waals surface area contributed by atoms with Crippen LogP contribution in [0.15, 0.2) is 22.7 Å². The Kier molecular flexibility index (Phi) is 2.45. The lowest BCUT2D eigenvalue weighted by Crippen LogP contribution is -2.12. The van der Waals surface area contributed by atoms with Gasteiger partial charge < -0.3 is 19.6 Å². The van der Waals surface area contributed by atoms with Gasteiger partial charge in [-0.15, -0.1) is 0 Å². The van der Waals surface area contributed by atoms with Crippen molar-refractivity contribution in [2.75, 3.05) is 18.5 Å². The average molecular weight is 260 g/mol. The highest BCUT2D eigenvalue weighted by Gasteiger charge is 2.23. The van der Waals surface area contributed by atoms with Crippen LogP contribution >= 0.6 is 0 Å². The number of rotatable bonds is 2. The van der Waals surface area contributed by atoms with E-state index >= 15 is 0 Å². The van der Waals surface area contributed by atoms with Crippen molar-refractivity contribution < 1.29 is 19.5 Å². The molecule has 0 saturated carbocycles. The molecule has 0 unspecified atom stereocenters. The minimum atomic E-state index is -1.16. The van der Waals surface area contributed by atoms with E-state index in [1.54, 1.807) is 6.07 Å². The normalized spacial score (nSPS) is 13.6. The number of aromatic carboxylic acids is 1. The lowest BCUT2D eigenvalue weighted by atomic mass is 10.0. The summed E-state index contributed by atoms with van der Waals surface area (Å²) in [5.74, 6) is -0.766. The molecule has 19 heavy (non-hydrogen) atoms. The first-order valence-electron chi connectivity index (χ1n) is 5.84. The number of likely N-dealkylation sites (N-methyl/N-ethyl adjacent to an activating group) is 1. The zero-order chi connectivity index (χ0) is 13.6. The molecule has 1 aromatic carbocycles. The van der Waals surface area contributed by atoms with E-state index < -0.39 is 5.97 Å². The van der Waals surface area contributed by atoms with E-state index in [0.717, 1.165) is 24.2 Å². The Balaban J connectivity index is 2.08. The third kappa shape index (κ3) is 1.72. The Morgan fingerprint density at radius 3 is 2.95 bits per heavy atom. The molecule has 2 N–H and O–H groups in total. The molecular formula is C13H12N2O4. The molecule has 0 spiro atoms. The van der Waals surface area contributed by atoms with Crippen LogP contribution in [0.1, 0.15) is 16.1 Å². The summed E-state index contributed by atoms with van der Waals surface area (Å²) in [6.45, 7) is 0.850. The molecule has 0 atom stereocenters. The summed E-state index contributed by atoms with van der Waals surface area (Å²) in [5, 5.41) is 22.5. The predicted octanol–water partition coefficient (Wildman–Crippen LogP) is 1.74. The van der Waals surface area contributed by atoms with Crippen molar-refractivity contribution in [1.82, 2.24) is 5.16 Å². The number of carboxylic acids is 1. The molecule has 98 valence electrons. The topological polar surface area (TPSA) is 86.8 Å². The van der Waals surface area contributed by atoms with E-state index in [1.807, 2.05) is 13.1 Å². The van der Waals surface area contributed by atoms with Crippen LogP contribution in [0.25, 0.3) is 11.3 Å². The minimum absolute atomic E-state index is 0.134. The summed E-state index contributed by atoms with van der Waals surface area (Å²) in [4.78, 5) is 12.8. The molecule has 0 fully saturated rings. The third-order valence-electron chi connectivity index (χ3n) is 3.36. The highest BCUT2D eigenvalue weighted by Crippen LogP contribution is 2.40. The monoisotopic (exact) mass is 260 g/mol. The van der Waals surface area contributed by atoms with Gasteiger partial charge in [-0.25, -0.2) is 4.79 Å². The zero-order valence-corrected chi connectivity index (χ0v) is 10.3. The highest BCUT2D eigenvalue weighted by molar-refractivity contribution is 5.87. The van der Waals surface area contributed by atoms with Gasteiger partial charge in [0.15, 0.2) is 11.5 Å². The number of fused-ring (bicyclic) bond motifs is 1. The Morgan fingerprint density at radius 1 is 1.47 bits per heavy atom. The quantitative estimate of drug-likeness (QED) is 0.855. The number of hydrogen-bond acceptors (Lipinski definition) is 5. The molecule has 0 amide bonds. The number of aromatic hydroxyl groups is 1. The lowest BCUT2D eigenvalue weighted by Gasteiger charge is -2.12. The van der Waals surface area contributed by atoms with Crippen LogP contribution in [0, 0.1) is 0 Å². The Hall–Kier alpha value is -2.50. The summed E-state index contributed by atoms with van der Waals surface area (Å²) in [5.41, 5.74) is 2.13. The zero-order valence-electron chi connectivity index (χ0n) is 10.3. The number of carboxylic acid groups (broad SMARTS) is 1. The van der Waals surface area contributed by atoms with E-state index in [-0.39, 0.29) is 17.2 Å². The first kappa shape index (κ1) is 11.6. The van der Waals surface area contributed by atoms with E-state index in [9.17, 15) is 9.90 Å². The summed E-state index contributed by atoms with van der Waals surface area (Å²) < 4.78 is 4.98. The predicted molar refractivity (Wildman–Crippen MR) is 67.5 cm³/mol. The summed E-state index contributed by atoms with van der Waals surface area (Å²) in [7, 11) is 1.96. The number of phenols is 1. The maximum atomic E-state index is 10.8. The number of anilines is 1. The van der Waals surface area contributed by atoms with Gasteiger partial charge in [-0.05, 0) is 18.6 Å². The molecular weight excluding hydrogens is 248 g/mol. The van der Waals surface area contributed by atoms with Crippen LogP contribution in [0.4, 0.5) is 5.69 Å². The van der Waals surface area contributed by atoms with Crippen molar-refractivity contribution in [1.29, 1.82) is 0 Å². The van der Waals surface area contributed by atoms with Gasteiger partial charge in [0, 0.05) is 30.9 Å². The molecule has 0 bridgehead atoms. The maximum Gasteiger partial charge on any atom is 0.358 e. The second kappa shape index (κ2) is 4.01. The van der Waals surface area contributed by atoms with E-state index in [4.69, 9.17) is 9.63 Å². The van der Waals surface area contributed by atoms with Crippen LogP contribution in [-0.4, -0.2) is 34.9 Å². The highest BCUT2D eigenvalue weighted by atomic mass is 16.5. The Morgan fingerprint density at radius 2 is 2.26 bits per heavy atom. The fraction of sp³-hybridized carbons (Fsp3) is 0.231. The fourth-order valence-electron chi connectivity index (χ4n) is 2.33. The largest absolute Gasteiger partial charge is 0.507 e. The molecule has 2 heterocycles. The molecule has 1 aliphatic heterocycles. The summed E-state index contributed by atoms with van der Waals surface area (Å²) in [6, 6.07) is 4.91. The van der Waals surface area contributed by atoms with Gasteiger partial charge in [0.25, 0.3) is 0 Å². The lowest BCUT2D eigenvalue weighted by molar-refractivity contribution is 0.0686. The number of carbonyl (C=O) groups is 1. The van der Waals surface area contributed by atoms with Gasteiger partial charge >= 0.3 is 5.97 Å². The molecule has 1 aromatic heterocycles. The Labute approximate surface area is 108 Å². The SMILES string of the molecule is CN1CCc2c1ccc(-c1cc(C(=O)O)no1)c2O. The molecule has 0 aliphatic carbocycles. The Bertz CT molecular complexity index is 663. The van der Waals surface area contributed by atoms with Gasteiger partial charge in [-0.3, -0.25) is 0 Å². The molecule has 2 aromatic rings. The minimum Gasteiger partial charge on any atom is -0.507 e. The van der Waals surface area contributed by atoms with Crippen molar-refractivity contribution in [3.8, 4) is 17.1 Å². The van der Waals surface area contributed by atoms with Crippen LogP contribution in [0.5, 0.6) is 5.75 Å². The van der Waals surface area contributed by atoms with Gasteiger partial charge in [0.1, 0.15) is 5.75 Å². The van der Waals surface area contributed by atoms with E-state index in [1.165, 1.54) is 6.07 Å². The first-order valence-corrected chi connectivity index (χ1v) is 5.84. The van der Waals surface area contributed by atoms with Crippen LogP contribution in [0.2, 0.25) is 0 Å². The molecule has 6 heteroatoms. The maximum absolute atomic E-state index is 10.8. The van der Waals surface area contributed by atoms with Crippen molar-refractivity contribution in [3.05, 3.63) is 29.5 Å². The van der Waals surface area contributed by atoms with Gasteiger partial charge in [0.05, 0.1) is 5.56 Å². The van der Waals surface area contributed by atoms with Gasteiger partial charge in [-0.2, -0.15) is 0 Å². The number of nitrogens with zero attached hydrogens (tertiary/aromatic N) is 2. The molecule has 3 rings (SSSR count). The van der Waals surface area contributed by atoms with Crippen LogP contribution in [0.3, 0.4) is 0 Å². The smallest absolute Gasteiger partial charge is 0.358 e. The van der Waals surface area contributed by atoms with Crippen molar-refractivity contribution in [2.24, 2.45) is 0 Å². The molecule has 6 nitrogen and oxygen atoms in total. The number of phenolic OH excluding ortho intramolecular Hbond substituents is 1. The van der Waals surface area contributed by atoms with Crippen molar-refractivity contribution in [2.45, 2.75) is 6.42 Å². The third-order valence-corrected chi connectivity index (χ3v) is 3.36.